The number of hydrogen-bond acceptors (Lipinski definition) is 3. The fourth-order valence-corrected chi connectivity index (χ4v) is 4.67. The summed E-state index contributed by atoms with van der Waals surface area (Å²) < 4.78 is 5.99. The van der Waals surface area contributed by atoms with Crippen LogP contribution in [-0.4, -0.2) is 28.9 Å². The standard InChI is InChI=1S/C23H24N2O2/c26-23(19-11-5-8-16-7-1-2-10-18(16)19)25-14-6-9-17(15-25)22-24-20-12-3-4-13-21(20)27-22/h1-4,7,10,12-13,17,19H,5-6,8-9,11,14-15H2/t17-,19-/m1/s1. The number of aryl methyl sites for hydroxylation is 1. The third kappa shape index (κ3) is 3.03. The molecule has 0 unspecified atom stereocenters. The molecule has 1 fully saturated rings. The molecule has 1 aliphatic carbocycles. The van der Waals surface area contributed by atoms with Gasteiger partial charge in [-0.2, -0.15) is 0 Å². The predicted molar refractivity (Wildman–Crippen MR) is 105 cm³/mol. The quantitative estimate of drug-likeness (QED) is 0.668. The summed E-state index contributed by atoms with van der Waals surface area (Å²) in [6.07, 6.45) is 5.17. The molecule has 2 atom stereocenters. The van der Waals surface area contributed by atoms with Gasteiger partial charge in [0.1, 0.15) is 5.52 Å². The van der Waals surface area contributed by atoms with E-state index in [-0.39, 0.29) is 17.7 Å². The summed E-state index contributed by atoms with van der Waals surface area (Å²) >= 11 is 0. The molecule has 2 aliphatic rings. The Labute approximate surface area is 159 Å². The molecule has 1 amide bonds. The van der Waals surface area contributed by atoms with E-state index in [4.69, 9.17) is 4.42 Å². The van der Waals surface area contributed by atoms with E-state index in [1.807, 2.05) is 24.3 Å². The first-order chi connectivity index (χ1) is 13.3. The third-order valence-corrected chi connectivity index (χ3v) is 6.06. The van der Waals surface area contributed by atoms with Crippen molar-refractivity contribution < 1.29 is 9.21 Å². The molecule has 4 heteroatoms. The lowest BCUT2D eigenvalue weighted by atomic mass is 9.81. The SMILES string of the molecule is O=C([C@@H]1CCCc2ccccc21)N1CCC[C@@H](c2nc3ccccc3o2)C1. The molecule has 5 rings (SSSR count). The van der Waals surface area contributed by atoms with E-state index in [9.17, 15) is 4.79 Å². The van der Waals surface area contributed by atoms with Crippen LogP contribution in [0.3, 0.4) is 0 Å². The number of para-hydroxylation sites is 2. The zero-order chi connectivity index (χ0) is 18.2. The zero-order valence-corrected chi connectivity index (χ0v) is 15.4. The third-order valence-electron chi connectivity index (χ3n) is 6.06. The van der Waals surface area contributed by atoms with Gasteiger partial charge in [-0.1, -0.05) is 36.4 Å². The van der Waals surface area contributed by atoms with Crippen molar-refractivity contribution in [3.8, 4) is 0 Å². The van der Waals surface area contributed by atoms with Crippen molar-refractivity contribution >= 4 is 17.0 Å². The van der Waals surface area contributed by atoms with Crippen LogP contribution in [0.4, 0.5) is 0 Å². The highest BCUT2D eigenvalue weighted by molar-refractivity contribution is 5.84. The first-order valence-electron chi connectivity index (χ1n) is 10.0. The minimum absolute atomic E-state index is 0.0114. The van der Waals surface area contributed by atoms with Gasteiger partial charge in [0.25, 0.3) is 0 Å². The highest BCUT2D eigenvalue weighted by atomic mass is 16.3. The molecular weight excluding hydrogens is 336 g/mol. The summed E-state index contributed by atoms with van der Waals surface area (Å²) in [6, 6.07) is 16.3. The number of oxazole rings is 1. The number of piperidine rings is 1. The Morgan fingerprint density at radius 1 is 1.04 bits per heavy atom. The number of fused-ring (bicyclic) bond motifs is 2. The lowest BCUT2D eigenvalue weighted by molar-refractivity contribution is -0.134. The minimum Gasteiger partial charge on any atom is -0.440 e. The smallest absolute Gasteiger partial charge is 0.230 e. The Hall–Kier alpha value is -2.62. The number of carbonyl (C=O) groups is 1. The van der Waals surface area contributed by atoms with E-state index in [0.717, 1.165) is 55.6 Å². The molecule has 1 aliphatic heterocycles. The van der Waals surface area contributed by atoms with Crippen LogP contribution in [0.5, 0.6) is 0 Å². The molecule has 3 aromatic rings. The second-order valence-electron chi connectivity index (χ2n) is 7.79. The average Bonchev–Trinajstić information content (AvgIpc) is 3.17. The number of rotatable bonds is 2. The first kappa shape index (κ1) is 16.5. The highest BCUT2D eigenvalue weighted by Crippen LogP contribution is 2.35. The molecule has 0 radical (unpaired) electrons. The lowest BCUT2D eigenvalue weighted by Crippen LogP contribution is -2.42. The van der Waals surface area contributed by atoms with Crippen molar-refractivity contribution in [2.75, 3.05) is 13.1 Å². The van der Waals surface area contributed by atoms with Gasteiger partial charge in [-0.25, -0.2) is 4.98 Å². The van der Waals surface area contributed by atoms with Gasteiger partial charge in [-0.15, -0.1) is 0 Å². The second kappa shape index (κ2) is 6.84. The van der Waals surface area contributed by atoms with E-state index >= 15 is 0 Å². The van der Waals surface area contributed by atoms with Crippen LogP contribution in [0.1, 0.15) is 54.5 Å². The lowest BCUT2D eigenvalue weighted by Gasteiger charge is -2.35. The van der Waals surface area contributed by atoms with Crippen LogP contribution in [0.25, 0.3) is 11.1 Å². The molecule has 1 saturated heterocycles. The van der Waals surface area contributed by atoms with Crippen molar-refractivity contribution in [3.05, 3.63) is 65.5 Å². The Kier molecular flexibility index (Phi) is 4.19. The van der Waals surface area contributed by atoms with Crippen LogP contribution in [0, 0.1) is 0 Å². The maximum absolute atomic E-state index is 13.3. The van der Waals surface area contributed by atoms with Gasteiger partial charge in [0, 0.05) is 13.1 Å². The molecule has 138 valence electrons. The summed E-state index contributed by atoms with van der Waals surface area (Å²) in [5.41, 5.74) is 4.31. The molecule has 2 aromatic carbocycles. The Morgan fingerprint density at radius 3 is 2.81 bits per heavy atom. The van der Waals surface area contributed by atoms with Crippen LogP contribution >= 0.6 is 0 Å². The zero-order valence-electron chi connectivity index (χ0n) is 15.4. The number of hydrogen-bond donors (Lipinski definition) is 0. The molecule has 4 nitrogen and oxygen atoms in total. The van der Waals surface area contributed by atoms with Gasteiger partial charge in [0.15, 0.2) is 11.5 Å². The second-order valence-corrected chi connectivity index (χ2v) is 7.79. The van der Waals surface area contributed by atoms with Crippen molar-refractivity contribution in [2.24, 2.45) is 0 Å². The summed E-state index contributed by atoms with van der Waals surface area (Å²) in [5.74, 6) is 1.26. The van der Waals surface area contributed by atoms with E-state index < -0.39 is 0 Å². The maximum atomic E-state index is 13.3. The van der Waals surface area contributed by atoms with Crippen molar-refractivity contribution in [2.45, 2.75) is 43.9 Å². The van der Waals surface area contributed by atoms with Gasteiger partial charge < -0.3 is 9.32 Å². The number of nitrogens with zero attached hydrogens (tertiary/aromatic N) is 2. The molecule has 1 aromatic heterocycles. The molecular formula is C23H24N2O2. The van der Waals surface area contributed by atoms with E-state index in [1.54, 1.807) is 0 Å². The summed E-state index contributed by atoms with van der Waals surface area (Å²) in [5, 5.41) is 0. The molecule has 2 heterocycles. The summed E-state index contributed by atoms with van der Waals surface area (Å²) in [4.78, 5) is 20.1. The number of benzene rings is 2. The fraction of sp³-hybridized carbons (Fsp3) is 0.391. The molecule has 0 bridgehead atoms. The first-order valence-corrected chi connectivity index (χ1v) is 10.0. The fourth-order valence-electron chi connectivity index (χ4n) is 4.67. The van der Waals surface area contributed by atoms with Crippen molar-refractivity contribution in [3.63, 3.8) is 0 Å². The van der Waals surface area contributed by atoms with Gasteiger partial charge in [0.05, 0.1) is 11.8 Å². The minimum atomic E-state index is 0.0114. The largest absolute Gasteiger partial charge is 0.440 e. The highest BCUT2D eigenvalue weighted by Gasteiger charge is 2.34. The van der Waals surface area contributed by atoms with Gasteiger partial charge in [-0.3, -0.25) is 4.79 Å². The number of carbonyl (C=O) groups excluding carboxylic acids is 1. The van der Waals surface area contributed by atoms with Gasteiger partial charge in [-0.05, 0) is 55.4 Å². The maximum Gasteiger partial charge on any atom is 0.230 e. The average molecular weight is 360 g/mol. The van der Waals surface area contributed by atoms with Crippen LogP contribution < -0.4 is 0 Å². The summed E-state index contributed by atoms with van der Waals surface area (Å²) in [6.45, 7) is 1.55. The summed E-state index contributed by atoms with van der Waals surface area (Å²) in [7, 11) is 0. The van der Waals surface area contributed by atoms with E-state index in [0.29, 0.717) is 6.54 Å². The molecule has 27 heavy (non-hydrogen) atoms. The molecule has 0 spiro atoms. The Morgan fingerprint density at radius 2 is 1.89 bits per heavy atom. The van der Waals surface area contributed by atoms with Crippen LogP contribution in [0.15, 0.2) is 52.9 Å². The van der Waals surface area contributed by atoms with E-state index in [1.165, 1.54) is 11.1 Å². The van der Waals surface area contributed by atoms with Crippen molar-refractivity contribution in [1.29, 1.82) is 0 Å². The van der Waals surface area contributed by atoms with Crippen LogP contribution in [0.2, 0.25) is 0 Å². The number of aromatic nitrogens is 1. The molecule has 0 N–H and O–H groups in total. The normalized spacial score (nSPS) is 22.6. The Balaban J connectivity index is 1.37. The topological polar surface area (TPSA) is 46.3 Å². The van der Waals surface area contributed by atoms with Crippen LogP contribution in [-0.2, 0) is 11.2 Å². The predicted octanol–water partition coefficient (Wildman–Crippen LogP) is 4.65. The van der Waals surface area contributed by atoms with E-state index in [2.05, 4.69) is 34.1 Å². The van der Waals surface area contributed by atoms with Gasteiger partial charge >= 0.3 is 0 Å². The monoisotopic (exact) mass is 360 g/mol. The van der Waals surface area contributed by atoms with Crippen molar-refractivity contribution in [1.82, 2.24) is 9.88 Å². The molecule has 0 saturated carbocycles. The van der Waals surface area contributed by atoms with Gasteiger partial charge in [0.2, 0.25) is 5.91 Å². The number of likely N-dealkylation sites (tertiary alicyclic amines) is 1. The Bertz CT molecular complexity index is 944. The number of amides is 1.